The molecule has 4 heteroatoms. The lowest BCUT2D eigenvalue weighted by atomic mass is 10.1. The Bertz CT molecular complexity index is 357. The average molecular weight is 241 g/mol. The number of ether oxygens (including phenoxy) is 1. The van der Waals surface area contributed by atoms with Gasteiger partial charge in [0.25, 0.3) is 0 Å². The van der Waals surface area contributed by atoms with E-state index in [1.54, 1.807) is 7.11 Å². The van der Waals surface area contributed by atoms with Gasteiger partial charge < -0.3 is 4.74 Å². The molecule has 0 amide bonds. The zero-order valence-electron chi connectivity index (χ0n) is 7.47. The largest absolute Gasteiger partial charge is 0.380 e. The minimum Gasteiger partial charge on any atom is -0.380 e. The van der Waals surface area contributed by atoms with Crippen molar-refractivity contribution in [1.82, 2.24) is 4.98 Å². The molecule has 0 atom stereocenters. The van der Waals surface area contributed by atoms with E-state index in [9.17, 15) is 0 Å². The number of aromatic nitrogens is 1. The number of hydrogen-bond donors (Lipinski definition) is 0. The molecule has 0 spiro atoms. The van der Waals surface area contributed by atoms with Crippen LogP contribution in [0.4, 0.5) is 0 Å². The first kappa shape index (κ1) is 10.2. The first-order chi connectivity index (χ1) is 6.19. The van der Waals surface area contributed by atoms with Gasteiger partial charge in [-0.15, -0.1) is 0 Å². The van der Waals surface area contributed by atoms with Crippen LogP contribution >= 0.6 is 15.9 Å². The molecule has 0 saturated heterocycles. The van der Waals surface area contributed by atoms with E-state index in [4.69, 9.17) is 10.00 Å². The molecule has 0 aliphatic rings. The summed E-state index contributed by atoms with van der Waals surface area (Å²) in [6.45, 7) is 2.32. The molecular formula is C9H9BrN2O. The van der Waals surface area contributed by atoms with Crippen LogP contribution in [0.25, 0.3) is 0 Å². The fraction of sp³-hybridized carbons (Fsp3) is 0.333. The van der Waals surface area contributed by atoms with Crippen molar-refractivity contribution in [1.29, 1.82) is 5.26 Å². The molecule has 0 unspecified atom stereocenters. The van der Waals surface area contributed by atoms with Gasteiger partial charge in [0.05, 0.1) is 12.2 Å². The minimum atomic E-state index is 0.435. The van der Waals surface area contributed by atoms with Crippen molar-refractivity contribution in [3.05, 3.63) is 27.5 Å². The van der Waals surface area contributed by atoms with Crippen LogP contribution in [0.1, 0.15) is 16.8 Å². The van der Waals surface area contributed by atoms with E-state index in [0.717, 1.165) is 11.3 Å². The second-order valence-corrected chi connectivity index (χ2v) is 3.38. The number of nitrogens with zero attached hydrogens (tertiary/aromatic N) is 2. The van der Waals surface area contributed by atoms with Crippen molar-refractivity contribution in [2.75, 3.05) is 7.11 Å². The zero-order valence-corrected chi connectivity index (χ0v) is 9.05. The lowest BCUT2D eigenvalue weighted by molar-refractivity contribution is 0.184. The normalized spacial score (nSPS) is 9.69. The third kappa shape index (κ3) is 2.27. The van der Waals surface area contributed by atoms with Crippen molar-refractivity contribution in [2.45, 2.75) is 13.5 Å². The highest BCUT2D eigenvalue weighted by molar-refractivity contribution is 9.10. The maximum atomic E-state index is 8.84. The molecule has 0 fully saturated rings. The summed E-state index contributed by atoms with van der Waals surface area (Å²) in [5.74, 6) is 0. The highest BCUT2D eigenvalue weighted by atomic mass is 79.9. The monoisotopic (exact) mass is 240 g/mol. The summed E-state index contributed by atoms with van der Waals surface area (Å²) in [5, 5.41) is 8.84. The van der Waals surface area contributed by atoms with Crippen LogP contribution in [0.3, 0.4) is 0 Å². The SMILES string of the molecule is COCc1cc(C)nc(Br)c1C#N. The summed E-state index contributed by atoms with van der Waals surface area (Å²) in [4.78, 5) is 4.13. The van der Waals surface area contributed by atoms with Crippen LogP contribution in [0.2, 0.25) is 0 Å². The molecule has 3 nitrogen and oxygen atoms in total. The first-order valence-electron chi connectivity index (χ1n) is 3.74. The Balaban J connectivity index is 3.23. The number of aryl methyl sites for hydroxylation is 1. The first-order valence-corrected chi connectivity index (χ1v) is 4.53. The Morgan fingerprint density at radius 3 is 2.92 bits per heavy atom. The molecule has 1 aromatic heterocycles. The Kier molecular flexibility index (Phi) is 3.40. The molecule has 1 aromatic rings. The predicted octanol–water partition coefficient (Wildman–Crippen LogP) is 2.17. The maximum Gasteiger partial charge on any atom is 0.124 e. The van der Waals surface area contributed by atoms with E-state index in [0.29, 0.717) is 16.8 Å². The zero-order chi connectivity index (χ0) is 9.84. The summed E-state index contributed by atoms with van der Waals surface area (Å²) in [7, 11) is 1.60. The third-order valence-corrected chi connectivity index (χ3v) is 2.17. The van der Waals surface area contributed by atoms with Crippen LogP contribution in [-0.2, 0) is 11.3 Å². The maximum absolute atomic E-state index is 8.84. The van der Waals surface area contributed by atoms with Crippen LogP contribution < -0.4 is 0 Å². The van der Waals surface area contributed by atoms with Gasteiger partial charge in [-0.05, 0) is 34.5 Å². The summed E-state index contributed by atoms with van der Waals surface area (Å²) >= 11 is 3.24. The number of halogens is 1. The van der Waals surface area contributed by atoms with Crippen molar-refractivity contribution in [3.63, 3.8) is 0 Å². The standard InChI is InChI=1S/C9H9BrN2O/c1-6-3-7(5-13-2)8(4-11)9(10)12-6/h3H,5H2,1-2H3. The Morgan fingerprint density at radius 1 is 1.69 bits per heavy atom. The van der Waals surface area contributed by atoms with Gasteiger partial charge in [0.1, 0.15) is 10.7 Å². The van der Waals surface area contributed by atoms with Crippen LogP contribution in [0, 0.1) is 18.3 Å². The molecule has 0 aliphatic heterocycles. The highest BCUT2D eigenvalue weighted by Gasteiger charge is 2.08. The molecule has 0 saturated carbocycles. The molecule has 0 radical (unpaired) electrons. The van der Waals surface area contributed by atoms with E-state index in [1.807, 2.05) is 13.0 Å². The lowest BCUT2D eigenvalue weighted by Crippen LogP contribution is -1.97. The molecule has 1 rings (SSSR count). The Labute approximate surface area is 85.5 Å². The van der Waals surface area contributed by atoms with Gasteiger partial charge in [0.15, 0.2) is 0 Å². The Hall–Kier alpha value is -0.920. The number of nitriles is 1. The van der Waals surface area contributed by atoms with E-state index in [2.05, 4.69) is 27.0 Å². The molecule has 0 aromatic carbocycles. The summed E-state index contributed by atoms with van der Waals surface area (Å²) in [5.41, 5.74) is 2.29. The molecule has 0 bridgehead atoms. The van der Waals surface area contributed by atoms with Crippen molar-refractivity contribution in [3.8, 4) is 6.07 Å². The molecule has 68 valence electrons. The smallest absolute Gasteiger partial charge is 0.124 e. The van der Waals surface area contributed by atoms with Crippen LogP contribution in [0.15, 0.2) is 10.7 Å². The number of methoxy groups -OCH3 is 1. The molecule has 0 N–H and O–H groups in total. The second kappa shape index (κ2) is 4.35. The summed E-state index contributed by atoms with van der Waals surface area (Å²) in [6.07, 6.45) is 0. The number of pyridine rings is 1. The fourth-order valence-electron chi connectivity index (χ4n) is 1.09. The van der Waals surface area contributed by atoms with Gasteiger partial charge in [-0.2, -0.15) is 5.26 Å². The second-order valence-electron chi connectivity index (χ2n) is 2.63. The highest BCUT2D eigenvalue weighted by Crippen LogP contribution is 2.19. The molecule has 13 heavy (non-hydrogen) atoms. The predicted molar refractivity (Wildman–Crippen MR) is 52.1 cm³/mol. The van der Waals surface area contributed by atoms with E-state index >= 15 is 0 Å². The average Bonchev–Trinajstić information content (AvgIpc) is 2.04. The van der Waals surface area contributed by atoms with Gasteiger partial charge in [0, 0.05) is 12.8 Å². The third-order valence-electron chi connectivity index (χ3n) is 1.60. The topological polar surface area (TPSA) is 45.9 Å². The minimum absolute atomic E-state index is 0.435. The van der Waals surface area contributed by atoms with Gasteiger partial charge in [-0.3, -0.25) is 0 Å². The van der Waals surface area contributed by atoms with E-state index in [1.165, 1.54) is 0 Å². The van der Waals surface area contributed by atoms with Crippen molar-refractivity contribution >= 4 is 15.9 Å². The van der Waals surface area contributed by atoms with Gasteiger partial charge in [-0.1, -0.05) is 0 Å². The number of rotatable bonds is 2. The van der Waals surface area contributed by atoms with Crippen molar-refractivity contribution < 1.29 is 4.74 Å². The summed E-state index contributed by atoms with van der Waals surface area (Å²) < 4.78 is 5.57. The summed E-state index contributed by atoms with van der Waals surface area (Å²) in [6, 6.07) is 3.94. The Morgan fingerprint density at radius 2 is 2.38 bits per heavy atom. The molecule has 0 aliphatic carbocycles. The van der Waals surface area contributed by atoms with E-state index < -0.39 is 0 Å². The van der Waals surface area contributed by atoms with Crippen LogP contribution in [-0.4, -0.2) is 12.1 Å². The molecule has 1 heterocycles. The van der Waals surface area contributed by atoms with Gasteiger partial charge in [0.2, 0.25) is 0 Å². The van der Waals surface area contributed by atoms with Crippen molar-refractivity contribution in [2.24, 2.45) is 0 Å². The number of hydrogen-bond acceptors (Lipinski definition) is 3. The van der Waals surface area contributed by atoms with Crippen LogP contribution in [0.5, 0.6) is 0 Å². The lowest BCUT2D eigenvalue weighted by Gasteiger charge is -2.05. The quantitative estimate of drug-likeness (QED) is 0.745. The molecular weight excluding hydrogens is 232 g/mol. The van der Waals surface area contributed by atoms with Gasteiger partial charge >= 0.3 is 0 Å². The van der Waals surface area contributed by atoms with E-state index in [-0.39, 0.29) is 0 Å². The fourth-order valence-corrected chi connectivity index (χ4v) is 1.71. The van der Waals surface area contributed by atoms with Gasteiger partial charge in [-0.25, -0.2) is 4.98 Å².